The predicted octanol–water partition coefficient (Wildman–Crippen LogP) is 14.8. The smallest absolute Gasteiger partial charge is 0.164 e. The molecule has 0 N–H and O–H groups in total. The van der Waals surface area contributed by atoms with Gasteiger partial charge in [-0.2, -0.15) is 10.5 Å². The summed E-state index contributed by atoms with van der Waals surface area (Å²) >= 11 is 0. The van der Waals surface area contributed by atoms with Crippen LogP contribution in [0.4, 0.5) is 0 Å². The summed E-state index contributed by atoms with van der Waals surface area (Å²) in [5.41, 5.74) is 13.9. The second-order valence-electron chi connectivity index (χ2n) is 17.1. The van der Waals surface area contributed by atoms with Crippen molar-refractivity contribution in [1.82, 2.24) is 29.5 Å². The van der Waals surface area contributed by atoms with Crippen molar-refractivity contribution in [3.63, 3.8) is 0 Å². The molecule has 0 spiro atoms. The highest BCUT2D eigenvalue weighted by atomic mass is 15.0. The lowest BCUT2D eigenvalue weighted by atomic mass is 9.98. The summed E-state index contributed by atoms with van der Waals surface area (Å²) in [6.45, 7) is 0. The molecule has 12 aromatic rings. The van der Waals surface area contributed by atoms with Crippen LogP contribution in [0.2, 0.25) is 0 Å². The van der Waals surface area contributed by atoms with E-state index in [0.717, 1.165) is 88.8 Å². The van der Waals surface area contributed by atoms with Gasteiger partial charge in [-0.1, -0.05) is 182 Å². The highest BCUT2D eigenvalue weighted by Gasteiger charge is 2.23. The minimum atomic E-state index is 0.499. The Morgan fingerprint density at radius 1 is 0.296 bits per heavy atom. The molecule has 0 fully saturated rings. The zero-order valence-corrected chi connectivity index (χ0v) is 38.0. The first kappa shape index (κ1) is 42.2. The zero-order chi connectivity index (χ0) is 47.7. The Bertz CT molecular complexity index is 3830. The lowest BCUT2D eigenvalue weighted by molar-refractivity contribution is 1.07. The molecule has 8 heteroatoms. The number of benzene rings is 9. The van der Waals surface area contributed by atoms with E-state index in [1.165, 1.54) is 0 Å². The van der Waals surface area contributed by atoms with Crippen molar-refractivity contribution in [2.75, 3.05) is 0 Å². The Hall–Kier alpha value is -10.2. The molecule has 8 nitrogen and oxygen atoms in total. The predicted molar refractivity (Wildman–Crippen MR) is 283 cm³/mol. The first-order valence-corrected chi connectivity index (χ1v) is 23.2. The molecule has 0 saturated carbocycles. The van der Waals surface area contributed by atoms with Crippen molar-refractivity contribution < 1.29 is 0 Å². The molecule has 0 saturated heterocycles. The number of rotatable bonds is 9. The fourth-order valence-electron chi connectivity index (χ4n) is 9.35. The second kappa shape index (κ2) is 18.2. The number of aromatic nitrogens is 6. The molecule has 0 aliphatic carbocycles. The average Bonchev–Trinajstić information content (AvgIpc) is 3.78. The minimum absolute atomic E-state index is 0.499. The van der Waals surface area contributed by atoms with Gasteiger partial charge in [0.1, 0.15) is 0 Å². The van der Waals surface area contributed by atoms with Crippen molar-refractivity contribution in [1.29, 1.82) is 10.5 Å². The van der Waals surface area contributed by atoms with E-state index in [1.54, 1.807) is 0 Å². The molecule has 0 radical (unpaired) electrons. The Morgan fingerprint density at radius 3 is 1.17 bits per heavy atom. The first-order valence-electron chi connectivity index (χ1n) is 23.2. The van der Waals surface area contributed by atoms with Crippen LogP contribution >= 0.6 is 0 Å². The molecule has 9 aromatic carbocycles. The van der Waals surface area contributed by atoms with Crippen LogP contribution < -0.4 is 0 Å². The molecule has 12 rings (SSSR count). The highest BCUT2D eigenvalue weighted by molar-refractivity contribution is 6.12. The van der Waals surface area contributed by atoms with Gasteiger partial charge in [0, 0.05) is 44.2 Å². The molecule has 3 aromatic heterocycles. The Kier molecular flexibility index (Phi) is 10.8. The maximum absolute atomic E-state index is 10.3. The highest BCUT2D eigenvalue weighted by Crippen LogP contribution is 2.42. The van der Waals surface area contributed by atoms with E-state index in [1.807, 2.05) is 158 Å². The summed E-state index contributed by atoms with van der Waals surface area (Å²) in [4.78, 5) is 25.9. The second-order valence-corrected chi connectivity index (χ2v) is 17.1. The first-order chi connectivity index (χ1) is 35.1. The molecule has 0 amide bonds. The molecule has 0 unspecified atom stereocenters. The quantitative estimate of drug-likeness (QED) is 0.142. The third-order valence-corrected chi connectivity index (χ3v) is 12.8. The Balaban J connectivity index is 1.19. The summed E-state index contributed by atoms with van der Waals surface area (Å²) in [6, 6.07) is 81.5. The van der Waals surface area contributed by atoms with Gasteiger partial charge in [-0.15, -0.1) is 0 Å². The van der Waals surface area contributed by atoms with Gasteiger partial charge in [0.2, 0.25) is 0 Å². The van der Waals surface area contributed by atoms with Crippen molar-refractivity contribution in [3.05, 3.63) is 242 Å². The van der Waals surface area contributed by atoms with Crippen LogP contribution in [-0.4, -0.2) is 29.5 Å². The van der Waals surface area contributed by atoms with Gasteiger partial charge in [-0.25, -0.2) is 24.9 Å². The van der Waals surface area contributed by atoms with Gasteiger partial charge in [-0.05, 0) is 70.8 Å². The number of hydrogen-bond donors (Lipinski definition) is 0. The molecule has 3 heterocycles. The van der Waals surface area contributed by atoms with Gasteiger partial charge in [0.05, 0.1) is 51.4 Å². The van der Waals surface area contributed by atoms with Crippen LogP contribution in [-0.2, 0) is 0 Å². The molecule has 0 bridgehead atoms. The van der Waals surface area contributed by atoms with Crippen LogP contribution in [0, 0.1) is 22.7 Å². The molecule has 71 heavy (non-hydrogen) atoms. The van der Waals surface area contributed by atoms with Crippen LogP contribution in [0.15, 0.2) is 231 Å². The summed E-state index contributed by atoms with van der Waals surface area (Å²) < 4.78 is 2.28. The minimum Gasteiger partial charge on any atom is -0.309 e. The standard InChI is InChI=1S/C63H38N8/c64-39-48-25-13-15-27-50(48)45-29-32-52-53-33-30-46(51-28-16-14-26-49(51)40-65)37-59(53)71(58(52)36-45)57-34-31-47(63-69-61(43-21-9-3-10-22-43)68-62(70-63)44-23-11-4-12-24-44)35-54(57)56-38-55(41-17-5-1-6-18-41)66-60(67-56)42-19-7-2-8-20-42/h1-38H. The molecular formula is C63H38N8. The number of nitrogens with zero attached hydrogens (tertiary/aromatic N) is 8. The van der Waals surface area contributed by atoms with E-state index in [9.17, 15) is 10.5 Å². The van der Waals surface area contributed by atoms with E-state index < -0.39 is 0 Å². The molecule has 0 atom stereocenters. The maximum Gasteiger partial charge on any atom is 0.164 e. The van der Waals surface area contributed by atoms with Crippen molar-refractivity contribution in [3.8, 4) is 108 Å². The largest absolute Gasteiger partial charge is 0.309 e. The van der Waals surface area contributed by atoms with E-state index in [-0.39, 0.29) is 0 Å². The van der Waals surface area contributed by atoms with Crippen molar-refractivity contribution in [2.24, 2.45) is 0 Å². The monoisotopic (exact) mass is 906 g/mol. The lowest BCUT2D eigenvalue weighted by Gasteiger charge is -2.18. The maximum atomic E-state index is 10.3. The average molecular weight is 907 g/mol. The van der Waals surface area contributed by atoms with Gasteiger partial charge < -0.3 is 4.57 Å². The lowest BCUT2D eigenvalue weighted by Crippen LogP contribution is -2.03. The van der Waals surface area contributed by atoms with Crippen molar-refractivity contribution >= 4 is 21.8 Å². The van der Waals surface area contributed by atoms with Gasteiger partial charge in [0.15, 0.2) is 23.3 Å². The van der Waals surface area contributed by atoms with E-state index >= 15 is 0 Å². The Morgan fingerprint density at radius 2 is 0.690 bits per heavy atom. The number of nitriles is 2. The van der Waals surface area contributed by atoms with Gasteiger partial charge >= 0.3 is 0 Å². The van der Waals surface area contributed by atoms with Gasteiger partial charge in [0.25, 0.3) is 0 Å². The summed E-state index contributed by atoms with van der Waals surface area (Å²) in [5, 5.41) is 22.6. The summed E-state index contributed by atoms with van der Waals surface area (Å²) in [6.07, 6.45) is 0. The van der Waals surface area contributed by atoms with Gasteiger partial charge in [-0.3, -0.25) is 0 Å². The summed E-state index contributed by atoms with van der Waals surface area (Å²) in [5.74, 6) is 2.18. The topological polar surface area (TPSA) is 117 Å². The van der Waals surface area contributed by atoms with E-state index in [4.69, 9.17) is 24.9 Å². The molecule has 0 aliphatic rings. The van der Waals surface area contributed by atoms with Crippen LogP contribution in [0.1, 0.15) is 11.1 Å². The van der Waals surface area contributed by atoms with Crippen LogP contribution in [0.25, 0.3) is 118 Å². The molecular weight excluding hydrogens is 869 g/mol. The third-order valence-electron chi connectivity index (χ3n) is 12.8. The van der Waals surface area contributed by atoms with E-state index in [2.05, 4.69) is 89.5 Å². The van der Waals surface area contributed by atoms with Crippen molar-refractivity contribution in [2.45, 2.75) is 0 Å². The number of hydrogen-bond acceptors (Lipinski definition) is 7. The van der Waals surface area contributed by atoms with Crippen LogP contribution in [0.5, 0.6) is 0 Å². The fraction of sp³-hybridized carbons (Fsp3) is 0. The third kappa shape index (κ3) is 7.94. The van der Waals surface area contributed by atoms with E-state index in [0.29, 0.717) is 40.1 Å². The SMILES string of the molecule is N#Cc1ccccc1-c1ccc2c3ccc(-c4ccccc4C#N)cc3n(-c3ccc(-c4nc(-c5ccccc5)nc(-c5ccccc5)n4)cc3-c3cc(-c4ccccc4)nc(-c4ccccc4)n3)c2c1. The molecule has 0 aliphatic heterocycles. The van der Waals surface area contributed by atoms with Crippen LogP contribution in [0.3, 0.4) is 0 Å². The fourth-order valence-corrected chi connectivity index (χ4v) is 9.35. The molecule has 330 valence electrons. The Labute approximate surface area is 409 Å². The summed E-state index contributed by atoms with van der Waals surface area (Å²) in [7, 11) is 0. The number of fused-ring (bicyclic) bond motifs is 3. The normalized spacial score (nSPS) is 11.1. The zero-order valence-electron chi connectivity index (χ0n) is 38.0.